The van der Waals surface area contributed by atoms with Gasteiger partial charge in [-0.2, -0.15) is 0 Å². The first-order valence-corrected chi connectivity index (χ1v) is 11.0. The standard InChI is InChI=1S/C24H32FN5O/c1-3-26-23(27-12-11-20-9-10-21(25)15-18(20)2)28-17-19-7-6-8-22(16-19)29-24(31)30-13-4-5-14-30/h6-10,15-16H,3-5,11-14,17H2,1-2H3,(H,29,31)(H2,26,27,28). The molecular weight excluding hydrogens is 393 g/mol. The van der Waals surface area contributed by atoms with Crippen molar-refractivity contribution in [2.45, 2.75) is 39.7 Å². The number of urea groups is 1. The van der Waals surface area contributed by atoms with E-state index in [-0.39, 0.29) is 11.8 Å². The van der Waals surface area contributed by atoms with Crippen LogP contribution in [0, 0.1) is 12.7 Å². The summed E-state index contributed by atoms with van der Waals surface area (Å²) < 4.78 is 13.3. The third kappa shape index (κ3) is 6.98. The number of aryl methyl sites for hydroxylation is 1. The molecule has 2 aromatic rings. The summed E-state index contributed by atoms with van der Waals surface area (Å²) in [4.78, 5) is 18.8. The minimum atomic E-state index is -0.206. The zero-order valence-corrected chi connectivity index (χ0v) is 18.4. The molecule has 3 rings (SSSR count). The molecule has 0 saturated carbocycles. The highest BCUT2D eigenvalue weighted by atomic mass is 19.1. The molecule has 0 radical (unpaired) electrons. The van der Waals surface area contributed by atoms with Crippen molar-refractivity contribution in [3.05, 3.63) is 65.0 Å². The molecule has 0 unspecified atom stereocenters. The lowest BCUT2D eigenvalue weighted by Gasteiger charge is -2.16. The number of likely N-dealkylation sites (tertiary alicyclic amines) is 1. The second-order valence-electron chi connectivity index (χ2n) is 7.77. The van der Waals surface area contributed by atoms with Gasteiger partial charge in [-0.05, 0) is 74.1 Å². The first-order chi connectivity index (χ1) is 15.0. The van der Waals surface area contributed by atoms with E-state index in [0.29, 0.717) is 13.1 Å². The van der Waals surface area contributed by atoms with E-state index < -0.39 is 0 Å². The van der Waals surface area contributed by atoms with E-state index in [2.05, 4.69) is 20.9 Å². The van der Waals surface area contributed by atoms with E-state index in [4.69, 9.17) is 0 Å². The highest BCUT2D eigenvalue weighted by molar-refractivity contribution is 5.89. The van der Waals surface area contributed by atoms with E-state index in [9.17, 15) is 9.18 Å². The van der Waals surface area contributed by atoms with Gasteiger partial charge in [0.1, 0.15) is 5.82 Å². The van der Waals surface area contributed by atoms with Gasteiger partial charge in [-0.1, -0.05) is 18.2 Å². The number of amides is 2. The Morgan fingerprint density at radius 2 is 1.94 bits per heavy atom. The molecule has 1 saturated heterocycles. The van der Waals surface area contributed by atoms with Crippen LogP contribution in [0.25, 0.3) is 0 Å². The Bertz CT molecular complexity index is 909. The molecule has 166 valence electrons. The summed E-state index contributed by atoms with van der Waals surface area (Å²) in [5, 5.41) is 9.56. The summed E-state index contributed by atoms with van der Waals surface area (Å²) in [5.41, 5.74) is 3.88. The van der Waals surface area contributed by atoms with Gasteiger partial charge in [0, 0.05) is 31.9 Å². The zero-order valence-electron chi connectivity index (χ0n) is 18.4. The summed E-state index contributed by atoms with van der Waals surface area (Å²) in [5.74, 6) is 0.525. The van der Waals surface area contributed by atoms with Gasteiger partial charge >= 0.3 is 6.03 Å². The van der Waals surface area contributed by atoms with Gasteiger partial charge in [-0.15, -0.1) is 0 Å². The van der Waals surface area contributed by atoms with Crippen LogP contribution < -0.4 is 16.0 Å². The van der Waals surface area contributed by atoms with Crippen LogP contribution >= 0.6 is 0 Å². The Morgan fingerprint density at radius 3 is 2.68 bits per heavy atom. The van der Waals surface area contributed by atoms with E-state index in [1.54, 1.807) is 6.07 Å². The topological polar surface area (TPSA) is 68.8 Å². The van der Waals surface area contributed by atoms with Crippen molar-refractivity contribution in [1.82, 2.24) is 15.5 Å². The molecule has 0 aliphatic carbocycles. The Kier molecular flexibility index (Phi) is 8.27. The predicted octanol–water partition coefficient (Wildman–Crippen LogP) is 4.06. The van der Waals surface area contributed by atoms with Gasteiger partial charge < -0.3 is 20.9 Å². The molecule has 1 aliphatic rings. The van der Waals surface area contributed by atoms with E-state index in [0.717, 1.165) is 67.2 Å². The number of nitrogens with zero attached hydrogens (tertiary/aromatic N) is 2. The van der Waals surface area contributed by atoms with E-state index in [1.807, 2.05) is 49.1 Å². The third-order valence-corrected chi connectivity index (χ3v) is 5.33. The predicted molar refractivity (Wildman–Crippen MR) is 124 cm³/mol. The van der Waals surface area contributed by atoms with Crippen molar-refractivity contribution in [1.29, 1.82) is 0 Å². The average molecular weight is 426 g/mol. The number of carbonyl (C=O) groups is 1. The second-order valence-corrected chi connectivity index (χ2v) is 7.77. The third-order valence-electron chi connectivity index (χ3n) is 5.33. The number of nitrogens with one attached hydrogen (secondary N) is 3. The van der Waals surface area contributed by atoms with Gasteiger partial charge in [0.25, 0.3) is 0 Å². The first-order valence-electron chi connectivity index (χ1n) is 11.0. The maximum atomic E-state index is 13.3. The minimum Gasteiger partial charge on any atom is -0.357 e. The quantitative estimate of drug-likeness (QED) is 0.463. The fourth-order valence-electron chi connectivity index (χ4n) is 3.64. The van der Waals surface area contributed by atoms with Crippen LogP contribution in [0.15, 0.2) is 47.5 Å². The van der Waals surface area contributed by atoms with Crippen molar-refractivity contribution >= 4 is 17.7 Å². The highest BCUT2D eigenvalue weighted by Crippen LogP contribution is 2.15. The lowest BCUT2D eigenvalue weighted by Crippen LogP contribution is -2.38. The van der Waals surface area contributed by atoms with Gasteiger partial charge in [-0.3, -0.25) is 0 Å². The fourth-order valence-corrected chi connectivity index (χ4v) is 3.64. The normalized spacial score (nSPS) is 13.9. The molecule has 0 bridgehead atoms. The van der Waals surface area contributed by atoms with Crippen molar-refractivity contribution in [2.24, 2.45) is 4.99 Å². The van der Waals surface area contributed by atoms with Crippen molar-refractivity contribution in [3.63, 3.8) is 0 Å². The lowest BCUT2D eigenvalue weighted by atomic mass is 10.1. The number of benzene rings is 2. The highest BCUT2D eigenvalue weighted by Gasteiger charge is 2.17. The monoisotopic (exact) mass is 425 g/mol. The van der Waals surface area contributed by atoms with Crippen LogP contribution in [0.2, 0.25) is 0 Å². The number of guanidine groups is 1. The van der Waals surface area contributed by atoms with Gasteiger partial charge in [0.2, 0.25) is 0 Å². The molecule has 0 spiro atoms. The van der Waals surface area contributed by atoms with Crippen molar-refractivity contribution in [2.75, 3.05) is 31.5 Å². The maximum absolute atomic E-state index is 13.3. The molecule has 1 heterocycles. The Morgan fingerprint density at radius 1 is 1.13 bits per heavy atom. The SMILES string of the molecule is CCNC(=NCc1cccc(NC(=O)N2CCCC2)c1)NCCc1ccc(F)cc1C. The summed E-state index contributed by atoms with van der Waals surface area (Å²) in [6.45, 7) is 7.55. The van der Waals surface area contributed by atoms with Crippen LogP contribution in [0.3, 0.4) is 0 Å². The number of rotatable bonds is 7. The number of hydrogen-bond donors (Lipinski definition) is 3. The van der Waals surface area contributed by atoms with E-state index in [1.165, 1.54) is 6.07 Å². The minimum absolute atomic E-state index is 0.0377. The molecule has 1 aliphatic heterocycles. The number of aliphatic imine (C=N–C) groups is 1. The summed E-state index contributed by atoms with van der Waals surface area (Å²) in [6.07, 6.45) is 2.93. The summed E-state index contributed by atoms with van der Waals surface area (Å²) in [6, 6.07) is 12.6. The molecule has 7 heteroatoms. The van der Waals surface area contributed by atoms with Crippen LogP contribution in [0.1, 0.15) is 36.5 Å². The molecule has 2 amide bonds. The van der Waals surface area contributed by atoms with Crippen molar-refractivity contribution in [3.8, 4) is 0 Å². The molecule has 0 atom stereocenters. The zero-order chi connectivity index (χ0) is 22.1. The van der Waals surface area contributed by atoms with Crippen LogP contribution in [-0.2, 0) is 13.0 Å². The average Bonchev–Trinajstić information content (AvgIpc) is 3.29. The number of hydrogen-bond acceptors (Lipinski definition) is 2. The molecule has 3 N–H and O–H groups in total. The Hall–Kier alpha value is -3.09. The fraction of sp³-hybridized carbons (Fsp3) is 0.417. The number of anilines is 1. The largest absolute Gasteiger partial charge is 0.357 e. The molecule has 6 nitrogen and oxygen atoms in total. The molecule has 0 aromatic heterocycles. The second kappa shape index (κ2) is 11.3. The summed E-state index contributed by atoms with van der Waals surface area (Å²) >= 11 is 0. The van der Waals surface area contributed by atoms with Crippen molar-refractivity contribution < 1.29 is 9.18 Å². The maximum Gasteiger partial charge on any atom is 0.321 e. The van der Waals surface area contributed by atoms with Crippen LogP contribution in [-0.4, -0.2) is 43.1 Å². The van der Waals surface area contributed by atoms with Crippen LogP contribution in [0.5, 0.6) is 0 Å². The first kappa shape index (κ1) is 22.6. The molecule has 31 heavy (non-hydrogen) atoms. The number of halogens is 1. The van der Waals surface area contributed by atoms with Gasteiger partial charge in [0.05, 0.1) is 6.54 Å². The molecule has 2 aromatic carbocycles. The smallest absolute Gasteiger partial charge is 0.321 e. The summed E-state index contributed by atoms with van der Waals surface area (Å²) in [7, 11) is 0. The number of carbonyl (C=O) groups excluding carboxylic acids is 1. The van der Waals surface area contributed by atoms with Gasteiger partial charge in [0.15, 0.2) is 5.96 Å². The van der Waals surface area contributed by atoms with E-state index >= 15 is 0 Å². The van der Waals surface area contributed by atoms with Gasteiger partial charge in [-0.25, -0.2) is 14.2 Å². The Labute approximate surface area is 183 Å². The lowest BCUT2D eigenvalue weighted by molar-refractivity contribution is 0.222. The van der Waals surface area contributed by atoms with Crippen LogP contribution in [0.4, 0.5) is 14.9 Å². The molecular formula is C24H32FN5O. The molecule has 1 fully saturated rings. The Balaban J connectivity index is 1.54.